The van der Waals surface area contributed by atoms with Crippen LogP contribution in [-0.4, -0.2) is 67.0 Å². The maximum Gasteiger partial charge on any atom is 0.270 e. The number of carbonyl (C=O) groups excluding carboxylic acids is 2. The first-order chi connectivity index (χ1) is 15.1. The zero-order valence-corrected chi connectivity index (χ0v) is 17.9. The van der Waals surface area contributed by atoms with E-state index in [4.69, 9.17) is 14.2 Å². The van der Waals surface area contributed by atoms with Gasteiger partial charge in [-0.3, -0.25) is 9.59 Å². The highest BCUT2D eigenvalue weighted by molar-refractivity contribution is 6.39. The number of hydrazone groups is 1. The van der Waals surface area contributed by atoms with E-state index in [1.165, 1.54) is 0 Å². The Morgan fingerprint density at radius 2 is 2.00 bits per heavy atom. The lowest BCUT2D eigenvalue weighted by Gasteiger charge is -2.46. The molecule has 1 N–H and O–H groups in total. The molecule has 3 aliphatic heterocycles. The van der Waals surface area contributed by atoms with Gasteiger partial charge in [0, 0.05) is 39.0 Å². The number of nitrogens with one attached hydrogen (secondary N) is 1. The number of hydrogen-bond donors (Lipinski definition) is 1. The number of hydrogen-bond acceptors (Lipinski definition) is 6. The van der Waals surface area contributed by atoms with Crippen LogP contribution in [0.1, 0.15) is 44.1 Å². The van der Waals surface area contributed by atoms with Gasteiger partial charge >= 0.3 is 0 Å². The van der Waals surface area contributed by atoms with Crippen LogP contribution in [-0.2, 0) is 30.4 Å². The van der Waals surface area contributed by atoms with Gasteiger partial charge in [0.2, 0.25) is 5.91 Å². The lowest BCUT2D eigenvalue weighted by Crippen LogP contribution is -2.53. The van der Waals surface area contributed by atoms with Crippen LogP contribution in [0.5, 0.6) is 0 Å². The predicted octanol–water partition coefficient (Wildman–Crippen LogP) is 2.03. The summed E-state index contributed by atoms with van der Waals surface area (Å²) >= 11 is 0. The lowest BCUT2D eigenvalue weighted by molar-refractivity contribution is -0.161. The highest BCUT2D eigenvalue weighted by atomic mass is 16.5. The Balaban J connectivity index is 1.18. The van der Waals surface area contributed by atoms with Gasteiger partial charge in [0.25, 0.3) is 5.91 Å². The summed E-state index contributed by atoms with van der Waals surface area (Å²) in [4.78, 5) is 25.7. The number of ether oxygens (including phenoxy) is 3. The highest BCUT2D eigenvalue weighted by Gasteiger charge is 2.42. The summed E-state index contributed by atoms with van der Waals surface area (Å²) in [5.41, 5.74) is 3.79. The number of carbonyl (C=O) groups is 2. The molecule has 1 unspecified atom stereocenters. The molecule has 8 heteroatoms. The molecule has 2 saturated heterocycles. The molecule has 4 rings (SSSR count). The molecule has 0 bridgehead atoms. The third-order valence-electron chi connectivity index (χ3n) is 6.25. The van der Waals surface area contributed by atoms with Crippen LogP contribution < -0.4 is 5.43 Å². The Kier molecular flexibility index (Phi) is 7.32. The minimum atomic E-state index is -0.215. The molecule has 0 aromatic heterocycles. The van der Waals surface area contributed by atoms with Crippen molar-refractivity contribution in [3.05, 3.63) is 35.9 Å². The van der Waals surface area contributed by atoms with Gasteiger partial charge in [-0.25, -0.2) is 5.43 Å². The summed E-state index contributed by atoms with van der Waals surface area (Å²) in [6.07, 6.45) is 4.22. The minimum absolute atomic E-state index is 0.0750. The molecule has 0 aliphatic carbocycles. The molecule has 2 fully saturated rings. The van der Waals surface area contributed by atoms with Gasteiger partial charge in [0.05, 0.1) is 31.5 Å². The maximum atomic E-state index is 12.7. The number of likely N-dealkylation sites (tertiary alicyclic amines) is 1. The fourth-order valence-corrected chi connectivity index (χ4v) is 4.44. The fraction of sp³-hybridized carbons (Fsp3) is 0.609. The number of piperidine rings is 1. The minimum Gasteiger partial charge on any atom is -0.376 e. The van der Waals surface area contributed by atoms with Crippen LogP contribution >= 0.6 is 0 Å². The van der Waals surface area contributed by atoms with Crippen molar-refractivity contribution in [2.45, 2.75) is 56.8 Å². The number of amides is 2. The van der Waals surface area contributed by atoms with E-state index in [0.29, 0.717) is 58.1 Å². The van der Waals surface area contributed by atoms with Gasteiger partial charge in [-0.05, 0) is 24.8 Å². The van der Waals surface area contributed by atoms with E-state index < -0.39 is 0 Å². The van der Waals surface area contributed by atoms with E-state index in [0.717, 1.165) is 31.2 Å². The van der Waals surface area contributed by atoms with Crippen LogP contribution in [0.4, 0.5) is 0 Å². The van der Waals surface area contributed by atoms with Crippen LogP contribution in [0, 0.1) is 0 Å². The molecular formula is C23H31N3O5. The highest BCUT2D eigenvalue weighted by Crippen LogP contribution is 2.36. The number of rotatable bonds is 7. The molecule has 1 atom stereocenters. The molecule has 168 valence electrons. The molecule has 1 aromatic carbocycles. The standard InChI is InChI=1S/C23H31N3O5/c27-21-7-6-20(24-25-21)22(28)26-11-9-23(10-12-26)16-19(8-13-31-23)30-15-14-29-17-18-4-2-1-3-5-18/h1-5,19H,6-17H2,(H,25,27). The van der Waals surface area contributed by atoms with Gasteiger partial charge in [0.1, 0.15) is 5.71 Å². The zero-order chi connectivity index (χ0) is 21.5. The van der Waals surface area contributed by atoms with Crippen molar-refractivity contribution in [1.29, 1.82) is 0 Å². The average Bonchev–Trinajstić information content (AvgIpc) is 2.80. The van der Waals surface area contributed by atoms with E-state index in [1.54, 1.807) is 0 Å². The van der Waals surface area contributed by atoms with E-state index >= 15 is 0 Å². The predicted molar refractivity (Wildman–Crippen MR) is 114 cm³/mol. The van der Waals surface area contributed by atoms with Crippen LogP contribution in [0.3, 0.4) is 0 Å². The maximum absolute atomic E-state index is 12.7. The normalized spacial score (nSPS) is 23.4. The van der Waals surface area contributed by atoms with Crippen LogP contribution in [0.2, 0.25) is 0 Å². The molecule has 0 saturated carbocycles. The Hall–Kier alpha value is -2.29. The van der Waals surface area contributed by atoms with Crippen LogP contribution in [0.25, 0.3) is 0 Å². The Morgan fingerprint density at radius 1 is 1.19 bits per heavy atom. The van der Waals surface area contributed by atoms with Crippen molar-refractivity contribution in [3.8, 4) is 0 Å². The molecule has 1 aromatic rings. The second kappa shape index (κ2) is 10.3. The summed E-state index contributed by atoms with van der Waals surface area (Å²) in [5.74, 6) is -0.213. The summed E-state index contributed by atoms with van der Waals surface area (Å²) in [5, 5.41) is 3.93. The van der Waals surface area contributed by atoms with Gasteiger partial charge < -0.3 is 19.1 Å². The van der Waals surface area contributed by atoms with Crippen molar-refractivity contribution in [3.63, 3.8) is 0 Å². The van der Waals surface area contributed by atoms with Crippen molar-refractivity contribution in [2.75, 3.05) is 32.9 Å². The fourth-order valence-electron chi connectivity index (χ4n) is 4.44. The van der Waals surface area contributed by atoms with Gasteiger partial charge in [-0.1, -0.05) is 30.3 Å². The molecule has 2 amide bonds. The third-order valence-corrected chi connectivity index (χ3v) is 6.25. The van der Waals surface area contributed by atoms with Crippen molar-refractivity contribution < 1.29 is 23.8 Å². The number of nitrogens with zero attached hydrogens (tertiary/aromatic N) is 2. The topological polar surface area (TPSA) is 89.5 Å². The first kappa shape index (κ1) is 21.9. The monoisotopic (exact) mass is 429 g/mol. The Morgan fingerprint density at radius 3 is 2.74 bits per heavy atom. The molecule has 31 heavy (non-hydrogen) atoms. The van der Waals surface area contributed by atoms with Crippen molar-refractivity contribution >= 4 is 17.5 Å². The lowest BCUT2D eigenvalue weighted by atomic mass is 9.83. The summed E-state index contributed by atoms with van der Waals surface area (Å²) < 4.78 is 18.0. The van der Waals surface area contributed by atoms with Gasteiger partial charge in [-0.15, -0.1) is 0 Å². The summed E-state index contributed by atoms with van der Waals surface area (Å²) in [6, 6.07) is 10.1. The summed E-state index contributed by atoms with van der Waals surface area (Å²) in [7, 11) is 0. The summed E-state index contributed by atoms with van der Waals surface area (Å²) in [6.45, 7) is 3.70. The molecule has 3 heterocycles. The number of benzene rings is 1. The SMILES string of the molecule is O=C1CCC(C(=O)N2CCC3(CC2)CC(OCCOCc2ccccc2)CCO3)=NN1. The molecular weight excluding hydrogens is 398 g/mol. The van der Waals surface area contributed by atoms with E-state index in [1.807, 2.05) is 23.1 Å². The molecule has 1 spiro atoms. The van der Waals surface area contributed by atoms with E-state index in [2.05, 4.69) is 22.7 Å². The smallest absolute Gasteiger partial charge is 0.270 e. The second-order valence-corrected chi connectivity index (χ2v) is 8.44. The second-order valence-electron chi connectivity index (χ2n) is 8.44. The molecule has 3 aliphatic rings. The Bertz CT molecular complexity index is 790. The van der Waals surface area contributed by atoms with Gasteiger partial charge in [-0.2, -0.15) is 5.10 Å². The molecule has 8 nitrogen and oxygen atoms in total. The quantitative estimate of drug-likeness (QED) is 0.670. The van der Waals surface area contributed by atoms with E-state index in [-0.39, 0.29) is 23.5 Å². The van der Waals surface area contributed by atoms with Crippen LogP contribution in [0.15, 0.2) is 35.4 Å². The third kappa shape index (κ3) is 5.90. The molecule has 0 radical (unpaired) electrons. The average molecular weight is 430 g/mol. The first-order valence-corrected chi connectivity index (χ1v) is 11.2. The van der Waals surface area contributed by atoms with E-state index in [9.17, 15) is 9.59 Å². The van der Waals surface area contributed by atoms with Crippen molar-refractivity contribution in [1.82, 2.24) is 10.3 Å². The Labute approximate surface area is 182 Å². The zero-order valence-electron chi connectivity index (χ0n) is 17.9. The first-order valence-electron chi connectivity index (χ1n) is 11.2. The van der Waals surface area contributed by atoms with Gasteiger partial charge in [0.15, 0.2) is 0 Å². The largest absolute Gasteiger partial charge is 0.376 e. The van der Waals surface area contributed by atoms with Crippen molar-refractivity contribution in [2.24, 2.45) is 5.10 Å².